The Bertz CT molecular complexity index is 685. The zero-order valence-electron chi connectivity index (χ0n) is 16.3. The van der Waals surface area contributed by atoms with Gasteiger partial charge in [-0.25, -0.2) is 4.79 Å². The van der Waals surface area contributed by atoms with Gasteiger partial charge in [0.1, 0.15) is 5.60 Å². The zero-order valence-corrected chi connectivity index (χ0v) is 16.3. The topological polar surface area (TPSA) is 58.6 Å². The van der Waals surface area contributed by atoms with E-state index in [1.807, 2.05) is 38.7 Å². The summed E-state index contributed by atoms with van der Waals surface area (Å²) in [6, 6.07) is 8.51. The average Bonchev–Trinajstić information content (AvgIpc) is 2.88. The third-order valence-corrected chi connectivity index (χ3v) is 5.53. The van der Waals surface area contributed by atoms with E-state index in [1.165, 1.54) is 11.1 Å². The molecule has 1 aliphatic heterocycles. The van der Waals surface area contributed by atoms with Crippen LogP contribution in [0.1, 0.15) is 70.5 Å². The summed E-state index contributed by atoms with van der Waals surface area (Å²) in [5.41, 5.74) is 2.15. The van der Waals surface area contributed by atoms with Crippen LogP contribution in [0.4, 0.5) is 4.79 Å². The molecule has 2 amide bonds. The number of likely N-dealkylation sites (tertiary alicyclic amines) is 1. The van der Waals surface area contributed by atoms with E-state index in [4.69, 9.17) is 4.74 Å². The quantitative estimate of drug-likeness (QED) is 0.871. The Balaban J connectivity index is 1.74. The fourth-order valence-corrected chi connectivity index (χ4v) is 4.24. The third kappa shape index (κ3) is 3.71. The van der Waals surface area contributed by atoms with Crippen molar-refractivity contribution in [2.45, 2.75) is 70.4 Å². The van der Waals surface area contributed by atoms with Crippen LogP contribution in [0.2, 0.25) is 0 Å². The molecule has 5 heteroatoms. The molecule has 1 aromatic carbocycles. The predicted molar refractivity (Wildman–Crippen MR) is 101 cm³/mol. The number of nitrogens with zero attached hydrogens (tertiary/aromatic N) is 1. The second-order valence-electron chi connectivity index (χ2n) is 8.51. The van der Waals surface area contributed by atoms with E-state index in [2.05, 4.69) is 23.5 Å². The molecule has 1 aliphatic carbocycles. The summed E-state index contributed by atoms with van der Waals surface area (Å²) in [5.74, 6) is 0.0908. The number of benzene rings is 1. The highest BCUT2D eigenvalue weighted by molar-refractivity contribution is 5.76. The van der Waals surface area contributed by atoms with Gasteiger partial charge in [0.2, 0.25) is 5.91 Å². The van der Waals surface area contributed by atoms with Crippen molar-refractivity contribution in [3.8, 4) is 0 Å². The molecular weight excluding hydrogens is 328 g/mol. The van der Waals surface area contributed by atoms with E-state index in [1.54, 1.807) is 0 Å². The number of hydrogen-bond donors (Lipinski definition) is 1. The van der Waals surface area contributed by atoms with Crippen molar-refractivity contribution in [1.29, 1.82) is 0 Å². The highest BCUT2D eigenvalue weighted by atomic mass is 16.6. The number of amides is 2. The first-order valence-electron chi connectivity index (χ1n) is 9.61. The SMILES string of the molecule is CCC(=O)N[C@H]1CC2(CCN(C(=O)OC(C)(C)C)CC2)c2ccccc21. The van der Waals surface area contributed by atoms with E-state index < -0.39 is 5.60 Å². The Morgan fingerprint density at radius 3 is 2.50 bits per heavy atom. The highest BCUT2D eigenvalue weighted by Gasteiger charge is 2.46. The van der Waals surface area contributed by atoms with E-state index in [-0.39, 0.29) is 23.5 Å². The van der Waals surface area contributed by atoms with Gasteiger partial charge in [-0.05, 0) is 51.2 Å². The Morgan fingerprint density at radius 2 is 1.88 bits per heavy atom. The number of carbonyl (C=O) groups excluding carboxylic acids is 2. The van der Waals surface area contributed by atoms with Gasteiger partial charge in [-0.2, -0.15) is 0 Å². The van der Waals surface area contributed by atoms with Crippen LogP contribution in [0.3, 0.4) is 0 Å². The maximum absolute atomic E-state index is 12.4. The lowest BCUT2D eigenvalue weighted by Crippen LogP contribution is -2.46. The van der Waals surface area contributed by atoms with Gasteiger partial charge in [0, 0.05) is 24.9 Å². The fourth-order valence-electron chi connectivity index (χ4n) is 4.24. The Morgan fingerprint density at radius 1 is 1.23 bits per heavy atom. The molecule has 0 radical (unpaired) electrons. The Labute approximate surface area is 156 Å². The average molecular weight is 358 g/mol. The summed E-state index contributed by atoms with van der Waals surface area (Å²) in [4.78, 5) is 26.1. The van der Waals surface area contributed by atoms with Crippen molar-refractivity contribution >= 4 is 12.0 Å². The largest absolute Gasteiger partial charge is 0.444 e. The van der Waals surface area contributed by atoms with Crippen LogP contribution in [0.5, 0.6) is 0 Å². The van der Waals surface area contributed by atoms with Crippen LogP contribution < -0.4 is 5.32 Å². The number of carbonyl (C=O) groups is 2. The standard InChI is InChI=1S/C21H30N2O3/c1-5-18(24)22-17-14-21(16-9-7-6-8-15(16)17)10-12-23(13-11-21)19(25)26-20(2,3)4/h6-9,17H,5,10-14H2,1-4H3,(H,22,24)/t17-/m0/s1. The summed E-state index contributed by atoms with van der Waals surface area (Å²) in [7, 11) is 0. The molecule has 142 valence electrons. The van der Waals surface area contributed by atoms with Crippen LogP contribution >= 0.6 is 0 Å². The van der Waals surface area contributed by atoms with Crippen molar-refractivity contribution in [3.05, 3.63) is 35.4 Å². The van der Waals surface area contributed by atoms with Gasteiger partial charge in [0.25, 0.3) is 0 Å². The predicted octanol–water partition coefficient (Wildman–Crippen LogP) is 3.93. The van der Waals surface area contributed by atoms with Gasteiger partial charge in [-0.1, -0.05) is 31.2 Å². The van der Waals surface area contributed by atoms with Crippen molar-refractivity contribution in [3.63, 3.8) is 0 Å². The lowest BCUT2D eigenvalue weighted by atomic mass is 9.73. The monoisotopic (exact) mass is 358 g/mol. The zero-order chi connectivity index (χ0) is 18.9. The molecule has 0 bridgehead atoms. The molecule has 0 saturated carbocycles. The Hall–Kier alpha value is -2.04. The van der Waals surface area contributed by atoms with Crippen LogP contribution in [-0.4, -0.2) is 35.6 Å². The van der Waals surface area contributed by atoms with E-state index in [9.17, 15) is 9.59 Å². The first kappa shape index (κ1) is 18.7. The molecule has 1 N–H and O–H groups in total. The second kappa shape index (κ2) is 6.93. The lowest BCUT2D eigenvalue weighted by Gasteiger charge is -2.40. The van der Waals surface area contributed by atoms with E-state index in [0.29, 0.717) is 19.5 Å². The third-order valence-electron chi connectivity index (χ3n) is 5.53. The number of hydrogen-bond acceptors (Lipinski definition) is 3. The molecule has 2 aliphatic rings. The van der Waals surface area contributed by atoms with Crippen molar-refractivity contribution in [1.82, 2.24) is 10.2 Å². The van der Waals surface area contributed by atoms with Crippen molar-refractivity contribution in [2.75, 3.05) is 13.1 Å². The van der Waals surface area contributed by atoms with Crippen molar-refractivity contribution in [2.24, 2.45) is 0 Å². The summed E-state index contributed by atoms with van der Waals surface area (Å²) in [6.45, 7) is 8.94. The molecule has 1 aromatic rings. The lowest BCUT2D eigenvalue weighted by molar-refractivity contribution is -0.121. The minimum absolute atomic E-state index is 0.0425. The van der Waals surface area contributed by atoms with Gasteiger partial charge >= 0.3 is 6.09 Å². The van der Waals surface area contributed by atoms with Gasteiger partial charge < -0.3 is 15.0 Å². The van der Waals surface area contributed by atoms with Crippen LogP contribution in [0.15, 0.2) is 24.3 Å². The number of rotatable bonds is 2. The maximum atomic E-state index is 12.4. The molecule has 0 aromatic heterocycles. The molecule has 1 heterocycles. The van der Waals surface area contributed by atoms with Crippen molar-refractivity contribution < 1.29 is 14.3 Å². The first-order chi connectivity index (χ1) is 12.2. The van der Waals surface area contributed by atoms with Crippen LogP contribution in [0.25, 0.3) is 0 Å². The molecule has 1 atom stereocenters. The minimum Gasteiger partial charge on any atom is -0.444 e. The van der Waals surface area contributed by atoms with Gasteiger partial charge in [-0.3, -0.25) is 4.79 Å². The molecule has 26 heavy (non-hydrogen) atoms. The molecule has 3 rings (SSSR count). The fraction of sp³-hybridized carbons (Fsp3) is 0.619. The molecule has 5 nitrogen and oxygen atoms in total. The Kier molecular flexibility index (Phi) is 5.00. The molecule has 1 saturated heterocycles. The summed E-state index contributed by atoms with van der Waals surface area (Å²) in [6.07, 6.45) is 3.00. The first-order valence-corrected chi connectivity index (χ1v) is 9.61. The highest BCUT2D eigenvalue weighted by Crippen LogP contribution is 2.50. The molecule has 1 spiro atoms. The van der Waals surface area contributed by atoms with E-state index >= 15 is 0 Å². The number of piperidine rings is 1. The smallest absolute Gasteiger partial charge is 0.410 e. The van der Waals surface area contributed by atoms with Crippen LogP contribution in [0, 0.1) is 0 Å². The molecule has 0 unspecified atom stereocenters. The summed E-state index contributed by atoms with van der Waals surface area (Å²) >= 11 is 0. The number of ether oxygens (including phenoxy) is 1. The number of fused-ring (bicyclic) bond motifs is 2. The molecular formula is C21H30N2O3. The second-order valence-corrected chi connectivity index (χ2v) is 8.51. The van der Waals surface area contributed by atoms with Gasteiger partial charge in [0.05, 0.1) is 6.04 Å². The summed E-state index contributed by atoms with van der Waals surface area (Å²) < 4.78 is 5.52. The minimum atomic E-state index is -0.471. The maximum Gasteiger partial charge on any atom is 0.410 e. The number of nitrogens with one attached hydrogen (secondary N) is 1. The van der Waals surface area contributed by atoms with E-state index in [0.717, 1.165) is 19.3 Å². The molecule has 1 fully saturated rings. The van der Waals surface area contributed by atoms with Crippen LogP contribution in [-0.2, 0) is 14.9 Å². The van der Waals surface area contributed by atoms with Gasteiger partial charge in [0.15, 0.2) is 0 Å². The van der Waals surface area contributed by atoms with Gasteiger partial charge in [-0.15, -0.1) is 0 Å². The normalized spacial score (nSPS) is 21.4. The summed E-state index contributed by atoms with van der Waals surface area (Å²) in [5, 5.41) is 3.18.